The normalized spacial score (nSPS) is 12.6. The summed E-state index contributed by atoms with van der Waals surface area (Å²) in [6, 6.07) is 4.58. The maximum absolute atomic E-state index is 14.1. The van der Waals surface area contributed by atoms with Gasteiger partial charge in [-0.3, -0.25) is 0 Å². The Morgan fingerprint density at radius 2 is 2.05 bits per heavy atom. The molecule has 6 heteroatoms. The van der Waals surface area contributed by atoms with Crippen LogP contribution in [-0.2, 0) is 6.42 Å². The molecule has 0 bridgehead atoms. The van der Waals surface area contributed by atoms with Crippen molar-refractivity contribution < 1.29 is 8.78 Å². The zero-order valence-electron chi connectivity index (χ0n) is 11.4. The molecule has 2 aromatic rings. The number of halogens is 4. The van der Waals surface area contributed by atoms with Gasteiger partial charge in [-0.25, -0.2) is 8.78 Å². The highest BCUT2D eigenvalue weighted by molar-refractivity contribution is 9.10. The van der Waals surface area contributed by atoms with E-state index < -0.39 is 11.6 Å². The van der Waals surface area contributed by atoms with Gasteiger partial charge in [-0.05, 0) is 69.4 Å². The molecule has 0 amide bonds. The van der Waals surface area contributed by atoms with Gasteiger partial charge >= 0.3 is 0 Å². The van der Waals surface area contributed by atoms with Gasteiger partial charge in [0.2, 0.25) is 0 Å². The minimum absolute atomic E-state index is 0.0976. The van der Waals surface area contributed by atoms with Crippen molar-refractivity contribution in [1.82, 2.24) is 5.32 Å². The lowest BCUT2D eigenvalue weighted by Gasteiger charge is -2.18. The lowest BCUT2D eigenvalue weighted by molar-refractivity contribution is 0.492. The van der Waals surface area contributed by atoms with Gasteiger partial charge in [0, 0.05) is 26.3 Å². The number of hydrogen-bond donors (Lipinski definition) is 1. The molecule has 0 aliphatic carbocycles. The fourth-order valence-electron chi connectivity index (χ4n) is 2.06. The Bertz CT molecular complexity index is 616. The first-order valence-corrected chi connectivity index (χ1v) is 9.09. The summed E-state index contributed by atoms with van der Waals surface area (Å²) in [6.45, 7) is 2.87. The number of rotatable bonds is 6. The van der Waals surface area contributed by atoms with E-state index >= 15 is 0 Å². The van der Waals surface area contributed by atoms with Gasteiger partial charge in [0.05, 0.1) is 4.47 Å². The Morgan fingerprint density at radius 3 is 2.67 bits per heavy atom. The standard InChI is InChI=1S/C15H15Br2F2NS/c1-2-5-20-13(14-6-9(16)8-21-14)7-10-12(18)4-3-11(17)15(10)19/h3-4,6,8,13,20H,2,5,7H2,1H3. The lowest BCUT2D eigenvalue weighted by atomic mass is 10.0. The molecule has 1 aromatic carbocycles. The summed E-state index contributed by atoms with van der Waals surface area (Å²) in [7, 11) is 0. The van der Waals surface area contributed by atoms with Crippen molar-refractivity contribution in [3.8, 4) is 0 Å². The van der Waals surface area contributed by atoms with E-state index in [2.05, 4.69) is 44.1 Å². The predicted molar refractivity (Wildman–Crippen MR) is 90.8 cm³/mol. The second-order valence-electron chi connectivity index (χ2n) is 4.70. The van der Waals surface area contributed by atoms with Crippen LogP contribution in [0.5, 0.6) is 0 Å². The maximum atomic E-state index is 14.1. The Hall–Kier alpha value is -0.300. The third-order valence-corrected chi connectivity index (χ3v) is 5.54. The van der Waals surface area contributed by atoms with Crippen LogP contribution >= 0.6 is 43.2 Å². The fourth-order valence-corrected chi connectivity index (χ4v) is 3.96. The highest BCUT2D eigenvalue weighted by Gasteiger charge is 2.20. The summed E-state index contributed by atoms with van der Waals surface area (Å²) >= 11 is 8.12. The van der Waals surface area contributed by atoms with E-state index in [4.69, 9.17) is 0 Å². The number of hydrogen-bond acceptors (Lipinski definition) is 2. The first-order valence-electron chi connectivity index (χ1n) is 6.62. The molecule has 1 aromatic heterocycles. The molecule has 0 fully saturated rings. The van der Waals surface area contributed by atoms with Crippen LogP contribution in [0, 0.1) is 11.6 Å². The maximum Gasteiger partial charge on any atom is 0.143 e. The zero-order valence-corrected chi connectivity index (χ0v) is 15.4. The van der Waals surface area contributed by atoms with Crippen molar-refractivity contribution in [2.24, 2.45) is 0 Å². The van der Waals surface area contributed by atoms with Crippen LogP contribution in [0.2, 0.25) is 0 Å². The van der Waals surface area contributed by atoms with E-state index in [9.17, 15) is 8.78 Å². The minimum atomic E-state index is -0.520. The van der Waals surface area contributed by atoms with E-state index in [1.807, 2.05) is 11.4 Å². The molecule has 1 nitrogen and oxygen atoms in total. The molecule has 1 heterocycles. The first-order chi connectivity index (χ1) is 10.0. The van der Waals surface area contributed by atoms with Gasteiger partial charge in [0.25, 0.3) is 0 Å². The fraction of sp³-hybridized carbons (Fsp3) is 0.333. The highest BCUT2D eigenvalue weighted by Crippen LogP contribution is 2.31. The van der Waals surface area contributed by atoms with Crippen LogP contribution in [-0.4, -0.2) is 6.54 Å². The number of thiophene rings is 1. The zero-order chi connectivity index (χ0) is 15.4. The summed E-state index contributed by atoms with van der Waals surface area (Å²) in [4.78, 5) is 1.06. The second kappa shape index (κ2) is 7.81. The van der Waals surface area contributed by atoms with Crippen molar-refractivity contribution in [2.45, 2.75) is 25.8 Å². The van der Waals surface area contributed by atoms with E-state index in [1.54, 1.807) is 11.3 Å². The molecule has 1 atom stereocenters. The van der Waals surface area contributed by atoms with E-state index in [-0.39, 0.29) is 18.0 Å². The molecular weight excluding hydrogens is 424 g/mol. The van der Waals surface area contributed by atoms with Crippen LogP contribution in [0.15, 0.2) is 32.5 Å². The molecule has 0 saturated carbocycles. The second-order valence-corrected chi connectivity index (χ2v) is 7.41. The Balaban J connectivity index is 2.29. The van der Waals surface area contributed by atoms with E-state index in [1.165, 1.54) is 12.1 Å². The third-order valence-electron chi connectivity index (χ3n) is 3.12. The molecule has 1 N–H and O–H groups in total. The molecule has 2 rings (SSSR count). The van der Waals surface area contributed by atoms with Gasteiger partial charge in [-0.2, -0.15) is 0 Å². The van der Waals surface area contributed by atoms with Gasteiger partial charge in [0.15, 0.2) is 0 Å². The van der Waals surface area contributed by atoms with Crippen molar-refractivity contribution >= 4 is 43.2 Å². The molecule has 0 aliphatic rings. The molecule has 0 radical (unpaired) electrons. The summed E-state index contributed by atoms with van der Waals surface area (Å²) in [6.07, 6.45) is 1.25. The van der Waals surface area contributed by atoms with Gasteiger partial charge in [-0.15, -0.1) is 11.3 Å². The largest absolute Gasteiger partial charge is 0.309 e. The van der Waals surface area contributed by atoms with Crippen LogP contribution in [0.3, 0.4) is 0 Å². The van der Waals surface area contributed by atoms with E-state index in [0.29, 0.717) is 4.47 Å². The topological polar surface area (TPSA) is 12.0 Å². The highest BCUT2D eigenvalue weighted by atomic mass is 79.9. The molecule has 0 saturated heterocycles. The molecule has 0 aliphatic heterocycles. The third kappa shape index (κ3) is 4.34. The van der Waals surface area contributed by atoms with Crippen LogP contribution < -0.4 is 5.32 Å². The minimum Gasteiger partial charge on any atom is -0.309 e. The SMILES string of the molecule is CCCNC(Cc1c(F)ccc(Br)c1F)c1cc(Br)cs1. The Kier molecular flexibility index (Phi) is 6.34. The average Bonchev–Trinajstić information content (AvgIpc) is 2.89. The lowest BCUT2D eigenvalue weighted by Crippen LogP contribution is -2.24. The Morgan fingerprint density at radius 1 is 1.29 bits per heavy atom. The van der Waals surface area contributed by atoms with Crippen LogP contribution in [0.4, 0.5) is 8.78 Å². The molecular formula is C15H15Br2F2NS. The van der Waals surface area contributed by atoms with Crippen molar-refractivity contribution in [2.75, 3.05) is 6.54 Å². The van der Waals surface area contributed by atoms with Gasteiger partial charge in [-0.1, -0.05) is 6.92 Å². The van der Waals surface area contributed by atoms with Gasteiger partial charge < -0.3 is 5.32 Å². The van der Waals surface area contributed by atoms with Crippen molar-refractivity contribution in [1.29, 1.82) is 0 Å². The van der Waals surface area contributed by atoms with Crippen LogP contribution in [0.25, 0.3) is 0 Å². The van der Waals surface area contributed by atoms with Crippen molar-refractivity contribution in [3.05, 3.63) is 54.6 Å². The summed E-state index contributed by atoms with van der Waals surface area (Å²) in [5, 5.41) is 5.34. The van der Waals surface area contributed by atoms with Crippen LogP contribution in [0.1, 0.15) is 29.8 Å². The summed E-state index contributed by atoms with van der Waals surface area (Å²) in [5.74, 6) is -1.02. The number of benzene rings is 1. The van der Waals surface area contributed by atoms with E-state index in [0.717, 1.165) is 22.3 Å². The first kappa shape index (κ1) is 17.1. The number of nitrogens with one attached hydrogen (secondary N) is 1. The average molecular weight is 439 g/mol. The monoisotopic (exact) mass is 437 g/mol. The van der Waals surface area contributed by atoms with Crippen molar-refractivity contribution in [3.63, 3.8) is 0 Å². The quantitative estimate of drug-likeness (QED) is 0.559. The summed E-state index contributed by atoms with van der Waals surface area (Å²) < 4.78 is 29.4. The molecule has 0 spiro atoms. The van der Waals surface area contributed by atoms with Gasteiger partial charge in [0.1, 0.15) is 11.6 Å². The Labute approximate surface area is 144 Å². The predicted octanol–water partition coefficient (Wildman–Crippen LogP) is 5.83. The molecule has 1 unspecified atom stereocenters. The smallest absolute Gasteiger partial charge is 0.143 e. The molecule has 21 heavy (non-hydrogen) atoms. The molecule has 114 valence electrons. The summed E-state index contributed by atoms with van der Waals surface area (Å²) in [5.41, 5.74) is 0.113.